The van der Waals surface area contributed by atoms with Crippen LogP contribution in [0.3, 0.4) is 0 Å². The van der Waals surface area contributed by atoms with Crippen LogP contribution in [0, 0.1) is 0 Å². The molecule has 0 aromatic carbocycles. The molecular formula is C13H14N4O5S. The summed E-state index contributed by atoms with van der Waals surface area (Å²) in [5.74, 6) is -0.841. The van der Waals surface area contributed by atoms with Crippen molar-refractivity contribution < 1.29 is 14.6 Å². The molecule has 0 bridgehead atoms. The first-order valence-corrected chi connectivity index (χ1v) is 7.61. The number of carbonyl (C=O) groups excluding carboxylic acids is 1. The molecule has 23 heavy (non-hydrogen) atoms. The number of thioether (sulfide) groups is 1. The van der Waals surface area contributed by atoms with Crippen molar-refractivity contribution >= 4 is 28.9 Å². The summed E-state index contributed by atoms with van der Waals surface area (Å²) < 4.78 is 8.61. The van der Waals surface area contributed by atoms with Gasteiger partial charge in [0.1, 0.15) is 10.7 Å². The molecule has 3 heterocycles. The summed E-state index contributed by atoms with van der Waals surface area (Å²) in [6.07, 6.45) is 0. The fourth-order valence-electron chi connectivity index (χ4n) is 2.38. The molecule has 1 aliphatic rings. The molecule has 122 valence electrons. The molecule has 10 heteroatoms. The second-order valence-corrected chi connectivity index (χ2v) is 5.93. The molecule has 0 unspecified atom stereocenters. The Kier molecular flexibility index (Phi) is 3.55. The van der Waals surface area contributed by atoms with Gasteiger partial charge in [-0.3, -0.25) is 13.9 Å². The molecule has 0 radical (unpaired) electrons. The Morgan fingerprint density at radius 1 is 1.35 bits per heavy atom. The first-order chi connectivity index (χ1) is 10.9. The summed E-state index contributed by atoms with van der Waals surface area (Å²) >= 11 is 0.911. The molecule has 0 fully saturated rings. The Hall–Kier alpha value is -2.49. The molecule has 1 aliphatic heterocycles. The van der Waals surface area contributed by atoms with Crippen LogP contribution >= 0.6 is 11.8 Å². The van der Waals surface area contributed by atoms with Gasteiger partial charge in [-0.05, 0) is 18.7 Å². The van der Waals surface area contributed by atoms with E-state index in [-0.39, 0.29) is 35.0 Å². The van der Waals surface area contributed by atoms with Gasteiger partial charge in [0.15, 0.2) is 16.3 Å². The van der Waals surface area contributed by atoms with E-state index < -0.39 is 17.2 Å². The van der Waals surface area contributed by atoms with E-state index in [1.54, 1.807) is 6.92 Å². The van der Waals surface area contributed by atoms with Gasteiger partial charge in [0, 0.05) is 14.1 Å². The highest BCUT2D eigenvalue weighted by molar-refractivity contribution is 8.03. The molecule has 2 aromatic rings. The van der Waals surface area contributed by atoms with E-state index in [0.717, 1.165) is 16.3 Å². The van der Waals surface area contributed by atoms with E-state index >= 15 is 0 Å². The minimum Gasteiger partial charge on any atom is -0.509 e. The highest BCUT2D eigenvalue weighted by atomic mass is 32.2. The smallest absolute Gasteiger partial charge is 0.348 e. The Morgan fingerprint density at radius 2 is 2.04 bits per heavy atom. The minimum atomic E-state index is -0.643. The molecule has 1 N–H and O–H groups in total. The van der Waals surface area contributed by atoms with Crippen molar-refractivity contribution in [3.63, 3.8) is 0 Å². The lowest BCUT2D eigenvalue weighted by atomic mass is 10.4. The number of imidazole rings is 1. The molecular weight excluding hydrogens is 324 g/mol. The molecule has 9 nitrogen and oxygen atoms in total. The minimum absolute atomic E-state index is 0.0384. The van der Waals surface area contributed by atoms with Crippen molar-refractivity contribution in [2.24, 2.45) is 14.1 Å². The monoisotopic (exact) mass is 338 g/mol. The largest absolute Gasteiger partial charge is 0.509 e. The van der Waals surface area contributed by atoms with Crippen molar-refractivity contribution in [1.29, 1.82) is 0 Å². The lowest BCUT2D eigenvalue weighted by Crippen LogP contribution is -2.37. The summed E-state index contributed by atoms with van der Waals surface area (Å²) in [6, 6.07) is 0. The maximum Gasteiger partial charge on any atom is 0.348 e. The zero-order valence-corrected chi connectivity index (χ0v) is 13.5. The van der Waals surface area contributed by atoms with Crippen molar-refractivity contribution in [2.45, 2.75) is 18.6 Å². The zero-order chi connectivity index (χ0) is 16.9. The van der Waals surface area contributed by atoms with E-state index in [1.807, 2.05) is 0 Å². The van der Waals surface area contributed by atoms with E-state index in [1.165, 1.54) is 23.2 Å². The average Bonchev–Trinajstić information content (AvgIpc) is 2.88. The SMILES string of the molecule is CCOC(=O)C1=C(O)Cn2c(nc3c2c(=O)n(C)c(=O)n3C)S1. The Morgan fingerprint density at radius 3 is 2.70 bits per heavy atom. The number of nitrogens with zero attached hydrogens (tertiary/aromatic N) is 4. The maximum atomic E-state index is 12.3. The zero-order valence-electron chi connectivity index (χ0n) is 12.7. The van der Waals surface area contributed by atoms with Gasteiger partial charge in [-0.1, -0.05) is 0 Å². The number of carbonyl (C=O) groups is 1. The standard InChI is InChI=1S/C13H14N4O5S/c1-4-22-11(20)8-6(18)5-17-7-9(14-12(17)23-8)15(2)13(21)16(3)10(7)19/h18H,4-5H2,1-3H3. The van der Waals surface area contributed by atoms with E-state index in [0.29, 0.717) is 5.16 Å². The third kappa shape index (κ3) is 2.17. The summed E-state index contributed by atoms with van der Waals surface area (Å²) in [4.78, 5) is 40.5. The first-order valence-electron chi connectivity index (χ1n) is 6.80. The van der Waals surface area contributed by atoms with Crippen molar-refractivity contribution in [3.8, 4) is 0 Å². The molecule has 0 saturated carbocycles. The number of allylic oxidation sites excluding steroid dienone is 1. The predicted molar refractivity (Wildman–Crippen MR) is 82.4 cm³/mol. The Balaban J connectivity index is 2.22. The van der Waals surface area contributed by atoms with E-state index in [4.69, 9.17) is 4.74 Å². The van der Waals surface area contributed by atoms with Crippen LogP contribution < -0.4 is 11.2 Å². The number of hydrogen-bond acceptors (Lipinski definition) is 7. The lowest BCUT2D eigenvalue weighted by molar-refractivity contribution is -0.137. The van der Waals surface area contributed by atoms with Crippen LogP contribution in [0.1, 0.15) is 6.92 Å². The first kappa shape index (κ1) is 15.4. The van der Waals surface area contributed by atoms with Gasteiger partial charge >= 0.3 is 11.7 Å². The Labute approximate surface area is 133 Å². The van der Waals surface area contributed by atoms with Gasteiger partial charge < -0.3 is 14.4 Å². The van der Waals surface area contributed by atoms with Crippen LogP contribution in [0.2, 0.25) is 0 Å². The summed E-state index contributed by atoms with van der Waals surface area (Å²) in [7, 11) is 2.88. The number of hydrogen-bond donors (Lipinski definition) is 1. The molecule has 0 spiro atoms. The number of aliphatic hydroxyl groups is 1. The second-order valence-electron chi connectivity index (χ2n) is 4.96. The number of esters is 1. The fraction of sp³-hybridized carbons (Fsp3) is 0.385. The normalized spacial score (nSPS) is 14.2. The van der Waals surface area contributed by atoms with Gasteiger partial charge in [-0.2, -0.15) is 0 Å². The quantitative estimate of drug-likeness (QED) is 0.760. The van der Waals surface area contributed by atoms with Crippen molar-refractivity contribution in [3.05, 3.63) is 31.5 Å². The van der Waals surface area contributed by atoms with Gasteiger partial charge in [-0.25, -0.2) is 14.6 Å². The second kappa shape index (κ2) is 5.30. The van der Waals surface area contributed by atoms with Crippen molar-refractivity contribution in [1.82, 2.24) is 18.7 Å². The number of fused-ring (bicyclic) bond motifs is 3. The van der Waals surface area contributed by atoms with Crippen LogP contribution in [0.15, 0.2) is 25.4 Å². The predicted octanol–water partition coefficient (Wildman–Crippen LogP) is -0.128. The molecule has 0 aliphatic carbocycles. The van der Waals surface area contributed by atoms with E-state index in [9.17, 15) is 19.5 Å². The van der Waals surface area contributed by atoms with Crippen LogP contribution in [0.25, 0.3) is 11.2 Å². The highest BCUT2D eigenvalue weighted by Gasteiger charge is 2.29. The molecule has 3 rings (SSSR count). The Bertz CT molecular complexity index is 981. The summed E-state index contributed by atoms with van der Waals surface area (Å²) in [5.41, 5.74) is -0.592. The average molecular weight is 338 g/mol. The van der Waals surface area contributed by atoms with E-state index in [2.05, 4.69) is 4.98 Å². The highest BCUT2D eigenvalue weighted by Crippen LogP contribution is 2.35. The number of ether oxygens (including phenoxy) is 1. The van der Waals surface area contributed by atoms with Crippen LogP contribution in [0.5, 0.6) is 0 Å². The third-order valence-electron chi connectivity index (χ3n) is 3.54. The van der Waals surface area contributed by atoms with Gasteiger partial charge in [0.2, 0.25) is 0 Å². The number of rotatable bonds is 2. The molecule has 0 amide bonds. The van der Waals surface area contributed by atoms with Crippen LogP contribution in [-0.4, -0.2) is 36.4 Å². The van der Waals surface area contributed by atoms with Gasteiger partial charge in [0.05, 0.1) is 13.2 Å². The summed E-state index contributed by atoms with van der Waals surface area (Å²) in [6.45, 7) is 1.76. The number of aryl methyl sites for hydroxylation is 1. The van der Waals surface area contributed by atoms with Crippen LogP contribution in [-0.2, 0) is 30.2 Å². The lowest BCUT2D eigenvalue weighted by Gasteiger charge is -2.16. The number of aromatic nitrogens is 4. The van der Waals surface area contributed by atoms with Crippen LogP contribution in [0.4, 0.5) is 0 Å². The number of aliphatic hydroxyl groups excluding tert-OH is 1. The fourth-order valence-corrected chi connectivity index (χ4v) is 3.28. The summed E-state index contributed by atoms with van der Waals surface area (Å²) in [5, 5.41) is 10.5. The molecule has 0 saturated heterocycles. The van der Waals surface area contributed by atoms with Crippen molar-refractivity contribution in [2.75, 3.05) is 6.61 Å². The molecule has 0 atom stereocenters. The van der Waals surface area contributed by atoms with Gasteiger partial charge in [-0.15, -0.1) is 0 Å². The topological polar surface area (TPSA) is 108 Å². The maximum absolute atomic E-state index is 12.3. The molecule has 2 aromatic heterocycles. The van der Waals surface area contributed by atoms with Gasteiger partial charge in [0.25, 0.3) is 5.56 Å². The third-order valence-corrected chi connectivity index (χ3v) is 4.64.